The van der Waals surface area contributed by atoms with Gasteiger partial charge in [-0.25, -0.2) is 9.48 Å². The summed E-state index contributed by atoms with van der Waals surface area (Å²) in [5.41, 5.74) is 4.87. The van der Waals surface area contributed by atoms with Gasteiger partial charge < -0.3 is 19.5 Å². The molecule has 0 fully saturated rings. The van der Waals surface area contributed by atoms with Gasteiger partial charge in [-0.2, -0.15) is 5.10 Å². The fourth-order valence-electron chi connectivity index (χ4n) is 4.64. The van der Waals surface area contributed by atoms with Gasteiger partial charge in [0.2, 0.25) is 0 Å². The second-order valence-electron chi connectivity index (χ2n) is 8.85. The fraction of sp³-hybridized carbons (Fsp3) is 0.259. The Bertz CT molecular complexity index is 1320. The van der Waals surface area contributed by atoms with Crippen LogP contribution < -0.4 is 10.1 Å². The summed E-state index contributed by atoms with van der Waals surface area (Å²) in [7, 11) is 1.66. The van der Waals surface area contributed by atoms with Gasteiger partial charge in [0, 0.05) is 17.8 Å². The Hall–Kier alpha value is -4.00. The third kappa shape index (κ3) is 3.73. The van der Waals surface area contributed by atoms with Gasteiger partial charge in [0.25, 0.3) is 0 Å². The van der Waals surface area contributed by atoms with Crippen molar-refractivity contribution in [2.75, 3.05) is 7.11 Å². The van der Waals surface area contributed by atoms with Crippen molar-refractivity contribution in [3.8, 4) is 17.3 Å². The minimum Gasteiger partial charge on any atom is -0.497 e. The topological polar surface area (TPSA) is 64.3 Å². The van der Waals surface area contributed by atoms with Gasteiger partial charge in [0.15, 0.2) is 0 Å². The van der Waals surface area contributed by atoms with Crippen molar-refractivity contribution in [1.29, 1.82) is 0 Å². The van der Waals surface area contributed by atoms with E-state index < -0.39 is 0 Å². The van der Waals surface area contributed by atoms with Crippen LogP contribution >= 0.6 is 0 Å². The molecule has 2 aromatic heterocycles. The first-order valence-electron chi connectivity index (χ1n) is 11.5. The van der Waals surface area contributed by atoms with Crippen molar-refractivity contribution in [2.45, 2.75) is 39.4 Å². The monoisotopic (exact) mass is 455 g/mol. The van der Waals surface area contributed by atoms with Gasteiger partial charge in [-0.05, 0) is 62.7 Å². The highest BCUT2D eigenvalue weighted by Gasteiger charge is 2.36. The molecule has 0 saturated carbocycles. The minimum atomic E-state index is -0.306. The lowest BCUT2D eigenvalue weighted by atomic mass is 10.0. The molecule has 5 rings (SSSR count). The Balaban J connectivity index is 1.75. The largest absolute Gasteiger partial charge is 0.497 e. The summed E-state index contributed by atoms with van der Waals surface area (Å²) in [4.78, 5) is 15.5. The average molecular weight is 456 g/mol. The first kappa shape index (κ1) is 21.8. The number of nitrogens with one attached hydrogen (secondary N) is 1. The fourth-order valence-corrected chi connectivity index (χ4v) is 4.64. The molecular weight excluding hydrogens is 426 g/mol. The highest BCUT2D eigenvalue weighted by atomic mass is 16.5. The second kappa shape index (κ2) is 8.74. The molecule has 3 heterocycles. The molecule has 1 aliphatic rings. The number of carbonyl (C=O) groups excluding carboxylic acids is 1. The summed E-state index contributed by atoms with van der Waals surface area (Å²) < 4.78 is 9.64. The highest BCUT2D eigenvalue weighted by Crippen LogP contribution is 2.39. The quantitative estimate of drug-likeness (QED) is 0.471. The molecule has 34 heavy (non-hydrogen) atoms. The number of para-hydroxylation sites is 1. The average Bonchev–Trinajstić information content (AvgIpc) is 3.39. The number of urea groups is 1. The summed E-state index contributed by atoms with van der Waals surface area (Å²) in [6, 6.07) is 21.7. The Kier molecular flexibility index (Phi) is 5.61. The third-order valence-corrected chi connectivity index (χ3v) is 6.17. The zero-order valence-corrected chi connectivity index (χ0v) is 19.9. The summed E-state index contributed by atoms with van der Waals surface area (Å²) in [5.74, 6) is 1.71. The number of aromatic nitrogens is 3. The molecular formula is C27H29N5O2. The Morgan fingerprint density at radius 2 is 1.88 bits per heavy atom. The van der Waals surface area contributed by atoms with Crippen LogP contribution in [0.25, 0.3) is 11.5 Å². The first-order chi connectivity index (χ1) is 16.5. The predicted octanol–water partition coefficient (Wildman–Crippen LogP) is 5.00. The van der Waals surface area contributed by atoms with Gasteiger partial charge in [-0.3, -0.25) is 0 Å². The number of fused-ring (bicyclic) bond motifs is 3. The van der Waals surface area contributed by atoms with Crippen molar-refractivity contribution in [3.05, 3.63) is 95.4 Å². The zero-order valence-electron chi connectivity index (χ0n) is 19.9. The van der Waals surface area contributed by atoms with Gasteiger partial charge in [0.1, 0.15) is 11.6 Å². The summed E-state index contributed by atoms with van der Waals surface area (Å²) in [6.45, 7) is 6.38. The number of ether oxygens (including phenoxy) is 1. The molecule has 2 aromatic carbocycles. The molecule has 1 atom stereocenters. The Morgan fingerprint density at radius 3 is 2.62 bits per heavy atom. The SMILES string of the molecule is COc1cccc([C@@H]2c3cccn3-c3c(c(C)nn3-c3ccccc3)CN2C(=O)NC(C)C)c1. The standard InChI is InChI=1S/C27H29N5O2/c1-18(2)28-27(33)31-17-23-19(3)29-32(21-11-6-5-7-12-21)26(23)30-15-9-14-24(30)25(31)20-10-8-13-22(16-20)34-4/h5-16,18,25H,17H2,1-4H3,(H,28,33)/t25-/m1/s1. The van der Waals surface area contributed by atoms with Crippen LogP contribution in [0.5, 0.6) is 5.75 Å². The molecule has 2 amide bonds. The molecule has 0 unspecified atom stereocenters. The van der Waals surface area contributed by atoms with Crippen molar-refractivity contribution in [3.63, 3.8) is 0 Å². The van der Waals surface area contributed by atoms with E-state index in [1.807, 2.05) is 97.2 Å². The number of rotatable bonds is 4. The van der Waals surface area contributed by atoms with Crippen LogP contribution in [-0.2, 0) is 6.54 Å². The van der Waals surface area contributed by atoms with Crippen molar-refractivity contribution in [1.82, 2.24) is 24.6 Å². The van der Waals surface area contributed by atoms with Crippen LogP contribution in [0.15, 0.2) is 72.9 Å². The molecule has 0 saturated heterocycles. The van der Waals surface area contributed by atoms with E-state index in [2.05, 4.69) is 16.0 Å². The molecule has 0 spiro atoms. The van der Waals surface area contributed by atoms with E-state index in [9.17, 15) is 4.79 Å². The molecule has 1 aliphatic heterocycles. The van der Waals surface area contributed by atoms with Crippen LogP contribution in [0.4, 0.5) is 4.79 Å². The maximum Gasteiger partial charge on any atom is 0.318 e. The highest BCUT2D eigenvalue weighted by molar-refractivity contribution is 5.76. The normalized spacial score (nSPS) is 15.0. The van der Waals surface area contributed by atoms with Crippen LogP contribution in [0, 0.1) is 6.92 Å². The van der Waals surface area contributed by atoms with Gasteiger partial charge in [-0.15, -0.1) is 0 Å². The minimum absolute atomic E-state index is 0.0149. The van der Waals surface area contributed by atoms with Crippen LogP contribution in [0.3, 0.4) is 0 Å². The molecule has 0 bridgehead atoms. The summed E-state index contributed by atoms with van der Waals surface area (Å²) in [6.07, 6.45) is 2.05. The Morgan fingerprint density at radius 1 is 1.09 bits per heavy atom. The predicted molar refractivity (Wildman–Crippen MR) is 132 cm³/mol. The number of benzene rings is 2. The van der Waals surface area contributed by atoms with Crippen molar-refractivity contribution in [2.24, 2.45) is 0 Å². The van der Waals surface area contributed by atoms with Gasteiger partial charge >= 0.3 is 6.03 Å². The second-order valence-corrected chi connectivity index (χ2v) is 8.85. The van der Waals surface area contributed by atoms with E-state index in [0.717, 1.165) is 39.8 Å². The molecule has 4 aromatic rings. The van der Waals surface area contributed by atoms with Crippen LogP contribution in [-0.4, -0.2) is 38.4 Å². The van der Waals surface area contributed by atoms with Crippen molar-refractivity contribution < 1.29 is 9.53 Å². The Labute approximate surface area is 199 Å². The van der Waals surface area contributed by atoms with E-state index in [1.165, 1.54) is 0 Å². The molecule has 0 radical (unpaired) electrons. The number of amides is 2. The van der Waals surface area contributed by atoms with E-state index in [-0.39, 0.29) is 18.1 Å². The number of carbonyl (C=O) groups is 1. The van der Waals surface area contributed by atoms with Crippen LogP contribution in [0.2, 0.25) is 0 Å². The lowest BCUT2D eigenvalue weighted by Crippen LogP contribution is -2.44. The van der Waals surface area contributed by atoms with E-state index >= 15 is 0 Å². The number of nitrogens with zero attached hydrogens (tertiary/aromatic N) is 4. The smallest absolute Gasteiger partial charge is 0.318 e. The number of aryl methyl sites for hydroxylation is 1. The molecule has 7 nitrogen and oxygen atoms in total. The number of methoxy groups -OCH3 is 1. The van der Waals surface area contributed by atoms with Crippen LogP contribution in [0.1, 0.15) is 42.4 Å². The third-order valence-electron chi connectivity index (χ3n) is 6.17. The lowest BCUT2D eigenvalue weighted by Gasteiger charge is -2.31. The number of hydrogen-bond donors (Lipinski definition) is 1. The molecule has 0 aliphatic carbocycles. The molecule has 1 N–H and O–H groups in total. The zero-order chi connectivity index (χ0) is 23.8. The maximum absolute atomic E-state index is 13.6. The van der Waals surface area contributed by atoms with Crippen molar-refractivity contribution >= 4 is 6.03 Å². The van der Waals surface area contributed by atoms with Gasteiger partial charge in [0.05, 0.1) is 36.8 Å². The number of hydrogen-bond acceptors (Lipinski definition) is 3. The maximum atomic E-state index is 13.6. The van der Waals surface area contributed by atoms with Gasteiger partial charge in [-0.1, -0.05) is 30.3 Å². The van der Waals surface area contributed by atoms with E-state index in [4.69, 9.17) is 9.84 Å². The molecule has 174 valence electrons. The summed E-state index contributed by atoms with van der Waals surface area (Å²) in [5, 5.41) is 7.98. The molecule has 7 heteroatoms. The lowest BCUT2D eigenvalue weighted by molar-refractivity contribution is 0.178. The van der Waals surface area contributed by atoms with E-state index in [0.29, 0.717) is 6.54 Å². The first-order valence-corrected chi connectivity index (χ1v) is 11.5. The van der Waals surface area contributed by atoms with E-state index in [1.54, 1.807) is 7.11 Å². The summed E-state index contributed by atoms with van der Waals surface area (Å²) >= 11 is 0.